The minimum absolute atomic E-state index is 0.0677. The van der Waals surface area contributed by atoms with E-state index in [0.717, 1.165) is 5.52 Å². The van der Waals surface area contributed by atoms with Crippen LogP contribution in [0.25, 0.3) is 21.8 Å². The largest absolute Gasteiger partial charge is 0.464 e. The Morgan fingerprint density at radius 1 is 1.27 bits per heavy atom. The van der Waals surface area contributed by atoms with Gasteiger partial charge in [-0.25, -0.2) is 14.2 Å². The molecule has 0 saturated carbocycles. The molecule has 0 unspecified atom stereocenters. The second-order valence-corrected chi connectivity index (χ2v) is 5.54. The second-order valence-electron chi connectivity index (χ2n) is 5.54. The maximum Gasteiger partial charge on any atom is 0.356 e. The van der Waals surface area contributed by atoms with Gasteiger partial charge in [-0.1, -0.05) is 5.92 Å². The quantitative estimate of drug-likeness (QED) is 0.399. The van der Waals surface area contributed by atoms with Crippen LogP contribution >= 0.6 is 0 Å². The summed E-state index contributed by atoms with van der Waals surface area (Å²) in [6, 6.07) is 5.94. The Kier molecular flexibility index (Phi) is 4.89. The van der Waals surface area contributed by atoms with Crippen LogP contribution in [0, 0.1) is 18.2 Å². The average Bonchev–Trinajstić information content (AvgIpc) is 2.95. The van der Waals surface area contributed by atoms with Gasteiger partial charge in [-0.2, -0.15) is 0 Å². The number of carbonyl (C=O) groups is 1. The van der Waals surface area contributed by atoms with Gasteiger partial charge in [0.05, 0.1) is 24.7 Å². The fourth-order valence-electron chi connectivity index (χ4n) is 3.08. The highest BCUT2D eigenvalue weighted by Crippen LogP contribution is 2.35. The number of halogens is 1. The molecule has 6 nitrogen and oxygen atoms in total. The lowest BCUT2D eigenvalue weighted by Gasteiger charge is -2.16. The van der Waals surface area contributed by atoms with Crippen molar-refractivity contribution in [1.82, 2.24) is 9.55 Å². The highest BCUT2D eigenvalue weighted by molar-refractivity contribution is 6.10. The number of terminal acetylenes is 1. The number of carbonyl (C=O) groups excluding carboxylic acids is 1. The van der Waals surface area contributed by atoms with Gasteiger partial charge in [0, 0.05) is 25.0 Å². The van der Waals surface area contributed by atoms with Crippen LogP contribution < -0.4 is 0 Å². The molecule has 2 heterocycles. The smallest absolute Gasteiger partial charge is 0.356 e. The summed E-state index contributed by atoms with van der Waals surface area (Å²) < 4.78 is 31.1. The van der Waals surface area contributed by atoms with E-state index >= 15 is 0 Å². The minimum Gasteiger partial charge on any atom is -0.464 e. The first-order valence-corrected chi connectivity index (χ1v) is 7.75. The molecule has 0 amide bonds. The Morgan fingerprint density at radius 2 is 2.00 bits per heavy atom. The predicted octanol–water partition coefficient (Wildman–Crippen LogP) is 3.04. The molecule has 3 aromatic rings. The molecule has 3 rings (SSSR count). The minimum atomic E-state index is -0.840. The van der Waals surface area contributed by atoms with Gasteiger partial charge >= 0.3 is 5.97 Å². The molecule has 0 aliphatic carbocycles. The van der Waals surface area contributed by atoms with E-state index in [1.165, 1.54) is 33.5 Å². The molecule has 0 spiro atoms. The van der Waals surface area contributed by atoms with E-state index in [1.807, 2.05) is 4.57 Å². The maximum absolute atomic E-state index is 13.9. The van der Waals surface area contributed by atoms with Crippen molar-refractivity contribution in [2.45, 2.75) is 12.8 Å². The van der Waals surface area contributed by atoms with Gasteiger partial charge < -0.3 is 18.8 Å². The van der Waals surface area contributed by atoms with Crippen molar-refractivity contribution in [2.24, 2.45) is 0 Å². The van der Waals surface area contributed by atoms with Crippen molar-refractivity contribution in [3.05, 3.63) is 41.5 Å². The number of methoxy groups -OCH3 is 3. The van der Waals surface area contributed by atoms with Crippen molar-refractivity contribution in [1.29, 1.82) is 0 Å². The van der Waals surface area contributed by atoms with Crippen LogP contribution in [-0.2, 0) is 20.8 Å². The van der Waals surface area contributed by atoms with Crippen LogP contribution in [0.3, 0.4) is 0 Å². The fourth-order valence-corrected chi connectivity index (χ4v) is 3.08. The van der Waals surface area contributed by atoms with Crippen molar-refractivity contribution < 1.29 is 23.4 Å². The number of esters is 1. The summed E-state index contributed by atoms with van der Waals surface area (Å²) in [6.07, 6.45) is 4.68. The SMILES string of the molecule is C#CCn1c2ccc(F)cc2c2cc(C(=O)OC)nc(C(OC)OC)c21. The van der Waals surface area contributed by atoms with Crippen LogP contribution in [0.4, 0.5) is 4.39 Å². The Morgan fingerprint density at radius 3 is 2.62 bits per heavy atom. The molecular formula is C19H17FN2O4. The topological polar surface area (TPSA) is 62.6 Å². The molecule has 134 valence electrons. The van der Waals surface area contributed by atoms with Crippen molar-refractivity contribution in [3.8, 4) is 12.3 Å². The number of benzene rings is 1. The number of rotatable bonds is 5. The van der Waals surface area contributed by atoms with Gasteiger partial charge in [0.1, 0.15) is 17.2 Å². The third-order valence-electron chi connectivity index (χ3n) is 4.12. The first-order chi connectivity index (χ1) is 12.5. The lowest BCUT2D eigenvalue weighted by Crippen LogP contribution is -2.13. The van der Waals surface area contributed by atoms with Crippen molar-refractivity contribution >= 4 is 27.8 Å². The lowest BCUT2D eigenvalue weighted by atomic mass is 10.1. The molecule has 0 aliphatic rings. The number of pyridine rings is 1. The van der Waals surface area contributed by atoms with E-state index in [0.29, 0.717) is 22.0 Å². The summed E-state index contributed by atoms with van der Waals surface area (Å²) in [5.74, 6) is 1.57. The predicted molar refractivity (Wildman–Crippen MR) is 94.1 cm³/mol. The van der Waals surface area contributed by atoms with E-state index < -0.39 is 18.1 Å². The van der Waals surface area contributed by atoms with E-state index in [4.69, 9.17) is 20.6 Å². The van der Waals surface area contributed by atoms with E-state index in [1.54, 1.807) is 12.1 Å². The Balaban J connectivity index is 2.51. The first-order valence-electron chi connectivity index (χ1n) is 7.75. The van der Waals surface area contributed by atoms with E-state index in [-0.39, 0.29) is 12.2 Å². The molecule has 0 N–H and O–H groups in total. The summed E-state index contributed by atoms with van der Waals surface area (Å²) in [7, 11) is 4.18. The Bertz CT molecular complexity index is 1030. The van der Waals surface area contributed by atoms with Gasteiger partial charge in [0.25, 0.3) is 0 Å². The van der Waals surface area contributed by atoms with Gasteiger partial charge in [0.2, 0.25) is 6.29 Å². The summed E-state index contributed by atoms with van der Waals surface area (Å²) >= 11 is 0. The van der Waals surface area contributed by atoms with Crippen LogP contribution in [0.5, 0.6) is 0 Å². The normalized spacial score (nSPS) is 11.2. The summed E-state index contributed by atoms with van der Waals surface area (Å²) in [4.78, 5) is 16.4. The molecular weight excluding hydrogens is 339 g/mol. The van der Waals surface area contributed by atoms with Gasteiger partial charge in [-0.15, -0.1) is 6.42 Å². The Hall–Kier alpha value is -2.95. The molecule has 0 aliphatic heterocycles. The molecule has 0 atom stereocenters. The summed E-state index contributed by atoms with van der Waals surface area (Å²) in [6.45, 7) is 0.234. The number of nitrogens with zero attached hydrogens (tertiary/aromatic N) is 2. The molecule has 0 bridgehead atoms. The average molecular weight is 356 g/mol. The lowest BCUT2D eigenvalue weighted by molar-refractivity contribution is -0.107. The van der Waals surface area contributed by atoms with Gasteiger partial charge in [-0.3, -0.25) is 0 Å². The van der Waals surface area contributed by atoms with Crippen LogP contribution in [0.15, 0.2) is 24.3 Å². The second kappa shape index (κ2) is 7.12. The first kappa shape index (κ1) is 17.9. The van der Waals surface area contributed by atoms with Gasteiger partial charge in [0.15, 0.2) is 0 Å². The monoisotopic (exact) mass is 356 g/mol. The molecule has 26 heavy (non-hydrogen) atoms. The summed E-state index contributed by atoms with van der Waals surface area (Å²) in [5.41, 5.74) is 1.76. The number of aromatic nitrogens is 2. The van der Waals surface area contributed by atoms with Crippen molar-refractivity contribution in [3.63, 3.8) is 0 Å². The number of fused-ring (bicyclic) bond motifs is 3. The Labute approximate surface area is 149 Å². The van der Waals surface area contributed by atoms with Crippen molar-refractivity contribution in [2.75, 3.05) is 21.3 Å². The summed E-state index contributed by atoms with van der Waals surface area (Å²) in [5, 5.41) is 1.22. The highest BCUT2D eigenvalue weighted by Gasteiger charge is 2.24. The molecule has 7 heteroatoms. The standard InChI is InChI=1S/C19H17FN2O4/c1-5-8-22-15-7-6-11(20)9-12(15)13-10-14(18(23)24-2)21-16(17(13)22)19(25-3)26-4/h1,6-7,9-10,19H,8H2,2-4H3. The third-order valence-corrected chi connectivity index (χ3v) is 4.12. The van der Waals surface area contributed by atoms with E-state index in [9.17, 15) is 9.18 Å². The molecule has 0 fully saturated rings. The zero-order valence-electron chi connectivity index (χ0n) is 14.6. The molecule has 1 aromatic carbocycles. The fraction of sp³-hybridized carbons (Fsp3) is 0.263. The van der Waals surface area contributed by atoms with Crippen LogP contribution in [0.1, 0.15) is 22.5 Å². The third kappa shape index (κ3) is 2.79. The maximum atomic E-state index is 13.9. The highest BCUT2D eigenvalue weighted by atomic mass is 19.1. The zero-order valence-corrected chi connectivity index (χ0v) is 14.6. The van der Waals surface area contributed by atoms with Gasteiger partial charge in [-0.05, 0) is 24.3 Å². The van der Waals surface area contributed by atoms with Crippen LogP contribution in [-0.4, -0.2) is 36.8 Å². The zero-order chi connectivity index (χ0) is 18.8. The number of hydrogen-bond acceptors (Lipinski definition) is 5. The number of hydrogen-bond donors (Lipinski definition) is 0. The number of ether oxygens (including phenoxy) is 3. The molecule has 2 aromatic heterocycles. The molecule has 0 radical (unpaired) electrons. The molecule has 0 saturated heterocycles. The van der Waals surface area contributed by atoms with E-state index in [2.05, 4.69) is 10.9 Å². The van der Waals surface area contributed by atoms with Crippen LogP contribution in [0.2, 0.25) is 0 Å².